The number of hydrogen-bond donors (Lipinski definition) is 1. The van der Waals surface area contributed by atoms with E-state index >= 15 is 0 Å². The van der Waals surface area contributed by atoms with Crippen LogP contribution >= 0.6 is 0 Å². The Labute approximate surface area is 198 Å². The summed E-state index contributed by atoms with van der Waals surface area (Å²) in [6.07, 6.45) is -1.73. The van der Waals surface area contributed by atoms with E-state index in [1.807, 2.05) is 38.1 Å². The summed E-state index contributed by atoms with van der Waals surface area (Å²) in [6, 6.07) is 12.0. The fraction of sp³-hybridized carbons (Fsp3) is 0.500. The van der Waals surface area contributed by atoms with Gasteiger partial charge >= 0.3 is 6.36 Å². The van der Waals surface area contributed by atoms with Gasteiger partial charge < -0.3 is 19.4 Å². The lowest BCUT2D eigenvalue weighted by Crippen LogP contribution is -2.29. The minimum Gasteiger partial charge on any atom is -0.491 e. The number of imidazole rings is 1. The van der Waals surface area contributed by atoms with Crippen LogP contribution in [0.5, 0.6) is 11.5 Å². The van der Waals surface area contributed by atoms with E-state index in [-0.39, 0.29) is 23.3 Å². The van der Waals surface area contributed by atoms with Gasteiger partial charge in [0.25, 0.3) is 0 Å². The average molecular weight is 476 g/mol. The van der Waals surface area contributed by atoms with Crippen molar-refractivity contribution < 1.29 is 22.6 Å². The summed E-state index contributed by atoms with van der Waals surface area (Å²) >= 11 is 0. The number of nitrogens with one attached hydrogen (secondary N) is 1. The van der Waals surface area contributed by atoms with Gasteiger partial charge in [0.1, 0.15) is 11.5 Å². The molecule has 0 saturated heterocycles. The maximum absolute atomic E-state index is 12.9. The molecule has 8 heteroatoms. The van der Waals surface area contributed by atoms with Gasteiger partial charge in [0.05, 0.1) is 17.1 Å². The maximum Gasteiger partial charge on any atom is 0.573 e. The van der Waals surface area contributed by atoms with Crippen molar-refractivity contribution in [1.82, 2.24) is 9.55 Å². The SMILES string of the molecule is CC(C)Oc1ccc(Nc2nc3ccc(OC(F)(F)F)cc3n2[C@H]2C[C@@H](C)CC(C)(C)C2)cc1. The Morgan fingerprint density at radius 1 is 1.06 bits per heavy atom. The van der Waals surface area contributed by atoms with Crippen molar-refractivity contribution in [3.63, 3.8) is 0 Å². The molecular formula is C26H32F3N3O2. The van der Waals surface area contributed by atoms with E-state index in [0.29, 0.717) is 22.9 Å². The van der Waals surface area contributed by atoms with E-state index in [9.17, 15) is 13.2 Å². The molecule has 184 valence electrons. The average Bonchev–Trinajstić information content (AvgIpc) is 3.03. The second kappa shape index (κ2) is 9.04. The number of ether oxygens (including phenoxy) is 2. The Hall–Kier alpha value is -2.90. The van der Waals surface area contributed by atoms with Gasteiger partial charge in [-0.3, -0.25) is 0 Å². The molecule has 0 bridgehead atoms. The van der Waals surface area contributed by atoms with E-state index in [0.717, 1.165) is 30.7 Å². The molecule has 0 radical (unpaired) electrons. The molecule has 2 aromatic carbocycles. The Balaban J connectivity index is 1.75. The molecule has 3 aromatic rings. The van der Waals surface area contributed by atoms with Gasteiger partial charge in [0, 0.05) is 17.8 Å². The third-order valence-corrected chi connectivity index (χ3v) is 6.11. The Kier molecular flexibility index (Phi) is 6.44. The highest BCUT2D eigenvalue weighted by molar-refractivity contribution is 5.81. The van der Waals surface area contributed by atoms with Crippen LogP contribution in [0.4, 0.5) is 24.8 Å². The van der Waals surface area contributed by atoms with Gasteiger partial charge in [0.2, 0.25) is 5.95 Å². The maximum atomic E-state index is 12.9. The van der Waals surface area contributed by atoms with Crippen LogP contribution < -0.4 is 14.8 Å². The number of nitrogens with zero attached hydrogens (tertiary/aromatic N) is 2. The van der Waals surface area contributed by atoms with E-state index < -0.39 is 6.36 Å². The van der Waals surface area contributed by atoms with Crippen LogP contribution in [0.15, 0.2) is 42.5 Å². The number of benzene rings is 2. The van der Waals surface area contributed by atoms with Crippen LogP contribution in [0, 0.1) is 11.3 Å². The normalized spacial score (nSPS) is 20.5. The fourth-order valence-corrected chi connectivity index (χ4v) is 5.24. The third-order valence-electron chi connectivity index (χ3n) is 6.11. The molecule has 1 saturated carbocycles. The predicted octanol–water partition coefficient (Wildman–Crippen LogP) is 7.85. The number of alkyl halides is 3. The number of rotatable bonds is 6. The summed E-state index contributed by atoms with van der Waals surface area (Å²) in [5.41, 5.74) is 2.18. The number of halogens is 3. The van der Waals surface area contributed by atoms with Gasteiger partial charge in [-0.2, -0.15) is 0 Å². The molecule has 0 aliphatic heterocycles. The van der Waals surface area contributed by atoms with Crippen molar-refractivity contribution in [2.45, 2.75) is 72.4 Å². The zero-order valence-electron chi connectivity index (χ0n) is 20.2. The molecule has 1 N–H and O–H groups in total. The van der Waals surface area contributed by atoms with Gasteiger partial charge in [-0.1, -0.05) is 20.8 Å². The van der Waals surface area contributed by atoms with Crippen LogP contribution in [-0.4, -0.2) is 22.0 Å². The molecule has 1 fully saturated rings. The topological polar surface area (TPSA) is 48.3 Å². The minimum atomic E-state index is -4.75. The summed E-state index contributed by atoms with van der Waals surface area (Å²) in [5, 5.41) is 3.38. The Morgan fingerprint density at radius 3 is 2.35 bits per heavy atom. The predicted molar refractivity (Wildman–Crippen MR) is 128 cm³/mol. The van der Waals surface area contributed by atoms with Gasteiger partial charge in [-0.15, -0.1) is 13.2 Å². The molecule has 1 aliphatic carbocycles. The number of anilines is 2. The molecule has 0 unspecified atom stereocenters. The van der Waals surface area contributed by atoms with E-state index in [4.69, 9.17) is 9.72 Å². The first-order chi connectivity index (χ1) is 15.9. The molecule has 0 spiro atoms. The molecule has 4 rings (SSSR count). The first-order valence-electron chi connectivity index (χ1n) is 11.7. The van der Waals surface area contributed by atoms with E-state index in [2.05, 4.69) is 35.4 Å². The smallest absolute Gasteiger partial charge is 0.491 e. The summed E-state index contributed by atoms with van der Waals surface area (Å²) in [4.78, 5) is 4.75. The summed E-state index contributed by atoms with van der Waals surface area (Å²) in [5.74, 6) is 1.62. The molecule has 1 aliphatic rings. The molecule has 1 heterocycles. The van der Waals surface area contributed by atoms with Gasteiger partial charge in [-0.25, -0.2) is 4.98 Å². The highest BCUT2D eigenvalue weighted by Crippen LogP contribution is 2.46. The van der Waals surface area contributed by atoms with Crippen LogP contribution in [0.25, 0.3) is 11.0 Å². The van der Waals surface area contributed by atoms with Crippen LogP contribution in [-0.2, 0) is 0 Å². The lowest BCUT2D eigenvalue weighted by molar-refractivity contribution is -0.274. The Morgan fingerprint density at radius 2 is 1.74 bits per heavy atom. The fourth-order valence-electron chi connectivity index (χ4n) is 5.24. The zero-order valence-corrected chi connectivity index (χ0v) is 20.2. The molecule has 2 atom stereocenters. The number of fused-ring (bicyclic) bond motifs is 1. The van der Waals surface area contributed by atoms with E-state index in [1.54, 1.807) is 6.07 Å². The number of hydrogen-bond acceptors (Lipinski definition) is 4. The van der Waals surface area contributed by atoms with Crippen molar-refractivity contribution in [3.05, 3.63) is 42.5 Å². The number of aromatic nitrogens is 2. The van der Waals surface area contributed by atoms with Crippen molar-refractivity contribution in [2.24, 2.45) is 11.3 Å². The molecular weight excluding hydrogens is 443 g/mol. The lowest BCUT2D eigenvalue weighted by Gasteiger charge is -2.40. The highest BCUT2D eigenvalue weighted by Gasteiger charge is 2.35. The van der Waals surface area contributed by atoms with Crippen molar-refractivity contribution >= 4 is 22.7 Å². The van der Waals surface area contributed by atoms with Crippen molar-refractivity contribution in [2.75, 3.05) is 5.32 Å². The Bertz CT molecular complexity index is 1140. The molecule has 0 amide bonds. The van der Waals surface area contributed by atoms with Gasteiger partial charge in [-0.05, 0) is 80.8 Å². The molecule has 1 aromatic heterocycles. The zero-order chi connectivity index (χ0) is 24.7. The van der Waals surface area contributed by atoms with Crippen molar-refractivity contribution in [1.29, 1.82) is 0 Å². The van der Waals surface area contributed by atoms with Crippen LogP contribution in [0.2, 0.25) is 0 Å². The summed E-state index contributed by atoms with van der Waals surface area (Å²) < 4.78 is 50.6. The molecule has 5 nitrogen and oxygen atoms in total. The van der Waals surface area contributed by atoms with E-state index in [1.165, 1.54) is 12.1 Å². The largest absolute Gasteiger partial charge is 0.573 e. The quantitative estimate of drug-likeness (QED) is 0.394. The first-order valence-corrected chi connectivity index (χ1v) is 11.7. The second-order valence-corrected chi connectivity index (χ2v) is 10.4. The highest BCUT2D eigenvalue weighted by atomic mass is 19.4. The lowest BCUT2D eigenvalue weighted by atomic mass is 9.70. The second-order valence-electron chi connectivity index (χ2n) is 10.4. The van der Waals surface area contributed by atoms with Crippen molar-refractivity contribution in [3.8, 4) is 11.5 Å². The summed E-state index contributed by atoms with van der Waals surface area (Å²) in [6.45, 7) is 10.7. The third kappa shape index (κ3) is 5.77. The standard InChI is InChI=1S/C26H32F3N3O2/c1-16(2)33-20-8-6-18(7-9-20)30-24-31-22-11-10-21(34-26(27,28)29)13-23(22)32(24)19-12-17(3)14-25(4,5)15-19/h6-11,13,16-17,19H,12,14-15H2,1-5H3,(H,30,31)/t17-,19+/m1/s1. The monoisotopic (exact) mass is 475 g/mol. The van der Waals surface area contributed by atoms with Crippen LogP contribution in [0.1, 0.15) is 59.9 Å². The molecule has 34 heavy (non-hydrogen) atoms. The minimum absolute atomic E-state index is 0.0766. The van der Waals surface area contributed by atoms with Crippen LogP contribution in [0.3, 0.4) is 0 Å². The first kappa shape index (κ1) is 24.2. The summed E-state index contributed by atoms with van der Waals surface area (Å²) in [7, 11) is 0. The van der Waals surface area contributed by atoms with Gasteiger partial charge in [0.15, 0.2) is 0 Å².